The van der Waals surface area contributed by atoms with E-state index in [2.05, 4.69) is 35.1 Å². The fourth-order valence-electron chi connectivity index (χ4n) is 3.50. The largest absolute Gasteiger partial charge is 0.433 e. The third kappa shape index (κ3) is 5.07. The van der Waals surface area contributed by atoms with Crippen molar-refractivity contribution in [3.8, 4) is 11.4 Å². The van der Waals surface area contributed by atoms with E-state index in [-0.39, 0.29) is 17.7 Å². The number of nitrogens with zero attached hydrogens (tertiary/aromatic N) is 6. The molecule has 1 saturated heterocycles. The van der Waals surface area contributed by atoms with E-state index in [4.69, 9.17) is 0 Å². The Morgan fingerprint density at radius 3 is 2.61 bits per heavy atom. The Balaban J connectivity index is 1.49. The average molecular weight is 429 g/mol. The topological polar surface area (TPSA) is 79.7 Å². The van der Waals surface area contributed by atoms with Crippen molar-refractivity contribution in [1.29, 1.82) is 0 Å². The molecule has 0 saturated carbocycles. The molecule has 3 aromatic heterocycles. The van der Waals surface area contributed by atoms with E-state index in [9.17, 15) is 13.2 Å². The summed E-state index contributed by atoms with van der Waals surface area (Å²) in [6.45, 7) is 3.52. The van der Waals surface area contributed by atoms with Gasteiger partial charge in [-0.05, 0) is 31.4 Å². The van der Waals surface area contributed by atoms with E-state index < -0.39 is 11.9 Å². The lowest BCUT2D eigenvalue weighted by Crippen LogP contribution is -2.39. The van der Waals surface area contributed by atoms with Gasteiger partial charge in [0.1, 0.15) is 18.0 Å². The Morgan fingerprint density at radius 2 is 1.94 bits per heavy atom. The number of piperidine rings is 1. The lowest BCUT2D eigenvalue weighted by atomic mass is 10.0. The molecule has 1 N–H and O–H groups in total. The molecule has 1 aliphatic heterocycles. The smallest absolute Gasteiger partial charge is 0.367 e. The van der Waals surface area contributed by atoms with E-state index in [1.54, 1.807) is 24.7 Å². The minimum absolute atomic E-state index is 0.00136. The van der Waals surface area contributed by atoms with E-state index in [1.165, 1.54) is 6.20 Å². The highest BCUT2D eigenvalue weighted by Gasteiger charge is 2.34. The molecule has 31 heavy (non-hydrogen) atoms. The van der Waals surface area contributed by atoms with Crippen LogP contribution in [0.3, 0.4) is 0 Å². The number of halogens is 3. The van der Waals surface area contributed by atoms with E-state index in [1.807, 2.05) is 13.0 Å². The van der Waals surface area contributed by atoms with Crippen LogP contribution >= 0.6 is 0 Å². The maximum atomic E-state index is 13.4. The molecule has 0 bridgehead atoms. The van der Waals surface area contributed by atoms with Crippen LogP contribution in [0, 0.1) is 0 Å². The average Bonchev–Trinajstić information content (AvgIpc) is 2.79. The Morgan fingerprint density at radius 1 is 1.13 bits per heavy atom. The van der Waals surface area contributed by atoms with Crippen molar-refractivity contribution < 1.29 is 13.2 Å². The molecule has 7 nitrogen and oxygen atoms in total. The molecule has 162 valence electrons. The zero-order chi connectivity index (χ0) is 21.8. The predicted octanol–water partition coefficient (Wildman–Crippen LogP) is 3.99. The molecule has 1 fully saturated rings. The Kier molecular flexibility index (Phi) is 5.97. The lowest BCUT2D eigenvalue weighted by Gasteiger charge is -2.33. The van der Waals surface area contributed by atoms with Gasteiger partial charge >= 0.3 is 6.18 Å². The van der Waals surface area contributed by atoms with Crippen molar-refractivity contribution in [2.75, 3.05) is 23.3 Å². The summed E-state index contributed by atoms with van der Waals surface area (Å²) in [5.74, 6) is 1.04. The van der Waals surface area contributed by atoms with Gasteiger partial charge in [0, 0.05) is 54.9 Å². The summed E-state index contributed by atoms with van der Waals surface area (Å²) in [7, 11) is 0. The van der Waals surface area contributed by atoms with Gasteiger partial charge in [-0.3, -0.25) is 4.98 Å². The summed E-state index contributed by atoms with van der Waals surface area (Å²) in [4.78, 5) is 22.7. The first-order valence-electron chi connectivity index (χ1n) is 10.1. The molecule has 4 rings (SSSR count). The van der Waals surface area contributed by atoms with Crippen LogP contribution in [0.1, 0.15) is 31.2 Å². The standard InChI is InChI=1S/C21H22F3N7/c1-2-15-10-19(27-13-26-15)31-8-5-16(6-9-31)28-18-11-17(21(22,23)24)29-20(30-18)14-4-3-7-25-12-14/h3-4,7,10-13,16H,2,5-6,8-9H2,1H3,(H,28,29,30). The molecule has 10 heteroatoms. The molecule has 0 aliphatic carbocycles. The monoisotopic (exact) mass is 429 g/mol. The van der Waals surface area contributed by atoms with Crippen molar-refractivity contribution in [2.45, 2.75) is 38.4 Å². The number of hydrogen-bond acceptors (Lipinski definition) is 7. The van der Waals surface area contributed by atoms with Gasteiger partial charge in [-0.15, -0.1) is 0 Å². The predicted molar refractivity (Wildman–Crippen MR) is 111 cm³/mol. The Labute approximate surface area is 177 Å². The van der Waals surface area contributed by atoms with Crippen LogP contribution in [-0.4, -0.2) is 44.1 Å². The first-order valence-corrected chi connectivity index (χ1v) is 10.1. The fraction of sp³-hybridized carbons (Fsp3) is 0.381. The number of aryl methyl sites for hydroxylation is 1. The molecule has 1 aliphatic rings. The van der Waals surface area contributed by atoms with Crippen LogP contribution in [0.4, 0.5) is 24.8 Å². The molecule has 0 atom stereocenters. The van der Waals surface area contributed by atoms with Crippen molar-refractivity contribution in [1.82, 2.24) is 24.9 Å². The fourth-order valence-corrected chi connectivity index (χ4v) is 3.50. The summed E-state index contributed by atoms with van der Waals surface area (Å²) < 4.78 is 40.2. The summed E-state index contributed by atoms with van der Waals surface area (Å²) >= 11 is 0. The lowest BCUT2D eigenvalue weighted by molar-refractivity contribution is -0.141. The number of anilines is 2. The molecule has 0 unspecified atom stereocenters. The van der Waals surface area contributed by atoms with Crippen molar-refractivity contribution in [2.24, 2.45) is 0 Å². The van der Waals surface area contributed by atoms with Gasteiger partial charge in [0.05, 0.1) is 0 Å². The quantitative estimate of drug-likeness (QED) is 0.657. The number of nitrogens with one attached hydrogen (secondary N) is 1. The number of aromatic nitrogens is 5. The minimum Gasteiger partial charge on any atom is -0.367 e. The van der Waals surface area contributed by atoms with Gasteiger partial charge in [-0.1, -0.05) is 6.92 Å². The van der Waals surface area contributed by atoms with Gasteiger partial charge in [0.15, 0.2) is 11.5 Å². The first-order chi connectivity index (χ1) is 14.9. The van der Waals surface area contributed by atoms with Crippen LogP contribution in [0.2, 0.25) is 0 Å². The van der Waals surface area contributed by atoms with Gasteiger partial charge in [0.2, 0.25) is 0 Å². The molecule has 4 heterocycles. The molecule has 3 aromatic rings. The molecular weight excluding hydrogens is 407 g/mol. The Hall–Kier alpha value is -3.30. The first kappa shape index (κ1) is 21.0. The third-order valence-corrected chi connectivity index (χ3v) is 5.18. The van der Waals surface area contributed by atoms with Gasteiger partial charge in [-0.25, -0.2) is 19.9 Å². The maximum absolute atomic E-state index is 13.4. The van der Waals surface area contributed by atoms with Crippen molar-refractivity contribution >= 4 is 11.6 Å². The normalized spacial score (nSPS) is 15.2. The SMILES string of the molecule is CCc1cc(N2CCC(Nc3cc(C(F)(F)F)nc(-c4cccnc4)n3)CC2)ncn1. The third-order valence-electron chi connectivity index (χ3n) is 5.18. The highest BCUT2D eigenvalue weighted by atomic mass is 19.4. The summed E-state index contributed by atoms with van der Waals surface area (Å²) in [6.07, 6.45) is 2.33. The van der Waals surface area contributed by atoms with Gasteiger partial charge in [0.25, 0.3) is 0 Å². The molecule has 0 aromatic carbocycles. The zero-order valence-electron chi connectivity index (χ0n) is 17.0. The second-order valence-corrected chi connectivity index (χ2v) is 7.33. The second kappa shape index (κ2) is 8.83. The number of pyridine rings is 1. The molecule has 0 spiro atoms. The summed E-state index contributed by atoms with van der Waals surface area (Å²) in [5.41, 5.74) is 0.435. The number of alkyl halides is 3. The Bertz CT molecular complexity index is 1020. The number of rotatable bonds is 5. The van der Waals surface area contributed by atoms with E-state index in [0.717, 1.165) is 49.9 Å². The van der Waals surface area contributed by atoms with Crippen LogP contribution in [0.15, 0.2) is 43.0 Å². The maximum Gasteiger partial charge on any atom is 0.433 e. The van der Waals surface area contributed by atoms with Gasteiger partial charge in [-0.2, -0.15) is 13.2 Å². The van der Waals surface area contributed by atoms with Crippen molar-refractivity contribution in [3.63, 3.8) is 0 Å². The van der Waals surface area contributed by atoms with Crippen LogP contribution in [0.25, 0.3) is 11.4 Å². The van der Waals surface area contributed by atoms with E-state index >= 15 is 0 Å². The summed E-state index contributed by atoms with van der Waals surface area (Å²) in [6, 6.07) is 6.22. The van der Waals surface area contributed by atoms with Crippen LogP contribution in [-0.2, 0) is 12.6 Å². The van der Waals surface area contributed by atoms with Gasteiger partial charge < -0.3 is 10.2 Å². The highest BCUT2D eigenvalue weighted by Crippen LogP contribution is 2.31. The van der Waals surface area contributed by atoms with Crippen LogP contribution < -0.4 is 10.2 Å². The minimum atomic E-state index is -4.57. The van der Waals surface area contributed by atoms with Crippen LogP contribution in [0.5, 0.6) is 0 Å². The molecule has 0 radical (unpaired) electrons. The molecule has 0 amide bonds. The molecular formula is C21H22F3N7. The van der Waals surface area contributed by atoms with E-state index in [0.29, 0.717) is 5.56 Å². The highest BCUT2D eigenvalue weighted by molar-refractivity contribution is 5.56. The van der Waals surface area contributed by atoms with Crippen molar-refractivity contribution in [3.05, 3.63) is 54.4 Å². The second-order valence-electron chi connectivity index (χ2n) is 7.33. The zero-order valence-corrected chi connectivity index (χ0v) is 17.0. The number of hydrogen-bond donors (Lipinski definition) is 1. The summed E-state index contributed by atoms with van der Waals surface area (Å²) in [5, 5.41) is 3.17.